The van der Waals surface area contributed by atoms with E-state index in [4.69, 9.17) is 4.74 Å². The molecule has 10 heteroatoms. The van der Waals surface area contributed by atoms with Crippen molar-refractivity contribution < 1.29 is 14.3 Å². The predicted octanol–water partition coefficient (Wildman–Crippen LogP) is 3.93. The van der Waals surface area contributed by atoms with Gasteiger partial charge in [0.1, 0.15) is 0 Å². The van der Waals surface area contributed by atoms with E-state index >= 15 is 0 Å². The lowest BCUT2D eigenvalue weighted by Gasteiger charge is -2.27. The maximum atomic E-state index is 12.7. The number of benzene rings is 2. The van der Waals surface area contributed by atoms with Crippen LogP contribution in [0.25, 0.3) is 11.4 Å². The molecular formula is C23H24BrN5O3S. The monoisotopic (exact) mass is 529 g/mol. The fourth-order valence-electron chi connectivity index (χ4n) is 3.50. The van der Waals surface area contributed by atoms with E-state index in [1.807, 2.05) is 35.8 Å². The summed E-state index contributed by atoms with van der Waals surface area (Å²) in [6.45, 7) is 4.95. The molecule has 0 saturated carbocycles. The van der Waals surface area contributed by atoms with Crippen LogP contribution in [0.5, 0.6) is 0 Å². The van der Waals surface area contributed by atoms with Gasteiger partial charge in [-0.3, -0.25) is 9.59 Å². The van der Waals surface area contributed by atoms with E-state index in [9.17, 15) is 9.59 Å². The first-order valence-corrected chi connectivity index (χ1v) is 12.4. The maximum absolute atomic E-state index is 12.7. The highest BCUT2D eigenvalue weighted by Gasteiger charge is 2.19. The molecule has 0 unspecified atom stereocenters. The summed E-state index contributed by atoms with van der Waals surface area (Å²) in [5, 5.41) is 12.2. The number of nitrogens with one attached hydrogen (secondary N) is 1. The highest BCUT2D eigenvalue weighted by atomic mass is 79.9. The van der Waals surface area contributed by atoms with Crippen LogP contribution in [0.4, 0.5) is 5.69 Å². The first-order valence-electron chi connectivity index (χ1n) is 10.6. The molecule has 4 rings (SSSR count). The Morgan fingerprint density at radius 3 is 2.61 bits per heavy atom. The minimum atomic E-state index is -0.174. The van der Waals surface area contributed by atoms with Gasteiger partial charge in [-0.05, 0) is 37.3 Å². The number of nitrogens with zero attached hydrogens (tertiary/aromatic N) is 4. The maximum Gasteiger partial charge on any atom is 0.254 e. The molecule has 2 heterocycles. The number of hydrogen-bond acceptors (Lipinski definition) is 6. The zero-order chi connectivity index (χ0) is 23.2. The molecule has 33 heavy (non-hydrogen) atoms. The minimum Gasteiger partial charge on any atom is -0.378 e. The number of carbonyl (C=O) groups excluding carboxylic acids is 2. The van der Waals surface area contributed by atoms with Crippen molar-refractivity contribution >= 4 is 45.2 Å². The average molecular weight is 530 g/mol. The zero-order valence-electron chi connectivity index (χ0n) is 18.2. The Labute approximate surface area is 204 Å². The molecule has 1 N–H and O–H groups in total. The molecule has 2 amide bonds. The lowest BCUT2D eigenvalue weighted by molar-refractivity contribution is -0.113. The number of carbonyl (C=O) groups is 2. The first-order chi connectivity index (χ1) is 16.0. The smallest absolute Gasteiger partial charge is 0.254 e. The van der Waals surface area contributed by atoms with Gasteiger partial charge in [0.25, 0.3) is 5.91 Å². The number of halogens is 1. The fourth-order valence-corrected chi connectivity index (χ4v) is 4.57. The van der Waals surface area contributed by atoms with Gasteiger partial charge in [0.2, 0.25) is 5.91 Å². The van der Waals surface area contributed by atoms with Crippen LogP contribution in [0.1, 0.15) is 17.3 Å². The van der Waals surface area contributed by atoms with Gasteiger partial charge >= 0.3 is 0 Å². The standard InChI is InChI=1S/C23H24BrN5O3S/c1-2-29-21(16-6-8-18(24)9-7-16)26-27-23(29)33-15-20(30)25-19-5-3-4-17(14-19)22(31)28-10-12-32-13-11-28/h3-9,14H,2,10-13,15H2,1H3,(H,25,30). The fraction of sp³-hybridized carbons (Fsp3) is 0.304. The number of rotatable bonds is 7. The molecule has 1 aliphatic heterocycles. The van der Waals surface area contributed by atoms with E-state index in [1.165, 1.54) is 11.8 Å². The van der Waals surface area contributed by atoms with Gasteiger partial charge in [-0.2, -0.15) is 0 Å². The number of anilines is 1. The Morgan fingerprint density at radius 2 is 1.88 bits per heavy atom. The van der Waals surface area contributed by atoms with Crippen LogP contribution in [-0.2, 0) is 16.1 Å². The third-order valence-corrected chi connectivity index (χ3v) is 6.65. The van der Waals surface area contributed by atoms with Gasteiger partial charge in [-0.1, -0.05) is 45.9 Å². The molecule has 0 aliphatic carbocycles. The van der Waals surface area contributed by atoms with E-state index in [-0.39, 0.29) is 17.6 Å². The number of amides is 2. The second kappa shape index (κ2) is 11.0. The lowest BCUT2D eigenvalue weighted by atomic mass is 10.1. The van der Waals surface area contributed by atoms with Gasteiger partial charge < -0.3 is 19.5 Å². The van der Waals surface area contributed by atoms with Gasteiger partial charge in [-0.15, -0.1) is 10.2 Å². The molecule has 0 radical (unpaired) electrons. The number of morpholine rings is 1. The third-order valence-electron chi connectivity index (χ3n) is 5.16. The van der Waals surface area contributed by atoms with Crippen LogP contribution in [0.3, 0.4) is 0 Å². The zero-order valence-corrected chi connectivity index (χ0v) is 20.6. The summed E-state index contributed by atoms with van der Waals surface area (Å²) in [4.78, 5) is 27.0. The first kappa shape index (κ1) is 23.5. The number of aromatic nitrogens is 3. The molecule has 2 aromatic carbocycles. The largest absolute Gasteiger partial charge is 0.378 e. The number of hydrogen-bond donors (Lipinski definition) is 1. The molecule has 3 aromatic rings. The normalized spacial score (nSPS) is 13.7. The van der Waals surface area contributed by atoms with Crippen LogP contribution in [0, 0.1) is 0 Å². The number of ether oxygens (including phenoxy) is 1. The highest BCUT2D eigenvalue weighted by Crippen LogP contribution is 2.25. The van der Waals surface area contributed by atoms with E-state index in [2.05, 4.69) is 31.4 Å². The minimum absolute atomic E-state index is 0.0553. The van der Waals surface area contributed by atoms with Gasteiger partial charge in [0.15, 0.2) is 11.0 Å². The van der Waals surface area contributed by atoms with Crippen LogP contribution >= 0.6 is 27.7 Å². The molecule has 1 fully saturated rings. The Hall–Kier alpha value is -2.69. The summed E-state index contributed by atoms with van der Waals surface area (Å²) >= 11 is 4.77. The van der Waals surface area contributed by atoms with E-state index < -0.39 is 0 Å². The van der Waals surface area contributed by atoms with Crippen molar-refractivity contribution in [3.05, 3.63) is 58.6 Å². The Balaban J connectivity index is 1.38. The molecular weight excluding hydrogens is 506 g/mol. The Morgan fingerprint density at radius 1 is 1.12 bits per heavy atom. The molecule has 172 valence electrons. The van der Waals surface area contributed by atoms with Crippen molar-refractivity contribution in [1.82, 2.24) is 19.7 Å². The van der Waals surface area contributed by atoms with Gasteiger partial charge in [-0.25, -0.2) is 0 Å². The second-order valence-corrected chi connectivity index (χ2v) is 9.24. The van der Waals surface area contributed by atoms with Crippen molar-refractivity contribution in [3.8, 4) is 11.4 Å². The summed E-state index contributed by atoms with van der Waals surface area (Å²) < 4.78 is 8.29. The average Bonchev–Trinajstić information content (AvgIpc) is 3.26. The summed E-state index contributed by atoms with van der Waals surface area (Å²) in [5.74, 6) is 0.717. The summed E-state index contributed by atoms with van der Waals surface area (Å²) in [7, 11) is 0. The highest BCUT2D eigenvalue weighted by molar-refractivity contribution is 9.10. The molecule has 0 bridgehead atoms. The summed E-state index contributed by atoms with van der Waals surface area (Å²) in [6.07, 6.45) is 0. The van der Waals surface area contributed by atoms with Crippen LogP contribution < -0.4 is 5.32 Å². The lowest BCUT2D eigenvalue weighted by Crippen LogP contribution is -2.40. The Kier molecular flexibility index (Phi) is 7.79. The van der Waals surface area contributed by atoms with Crippen LogP contribution in [0.15, 0.2) is 58.2 Å². The van der Waals surface area contributed by atoms with E-state index in [0.717, 1.165) is 15.9 Å². The van der Waals surface area contributed by atoms with Crippen molar-refractivity contribution in [2.45, 2.75) is 18.6 Å². The van der Waals surface area contributed by atoms with E-state index in [1.54, 1.807) is 29.2 Å². The summed E-state index contributed by atoms with van der Waals surface area (Å²) in [5.41, 5.74) is 2.10. The molecule has 0 atom stereocenters. The predicted molar refractivity (Wildman–Crippen MR) is 131 cm³/mol. The summed E-state index contributed by atoms with van der Waals surface area (Å²) in [6, 6.07) is 14.9. The molecule has 0 spiro atoms. The van der Waals surface area contributed by atoms with E-state index in [0.29, 0.717) is 49.3 Å². The van der Waals surface area contributed by atoms with Crippen molar-refractivity contribution in [2.75, 3.05) is 37.4 Å². The third kappa shape index (κ3) is 5.82. The molecule has 1 aliphatic rings. The topological polar surface area (TPSA) is 89.4 Å². The molecule has 8 nitrogen and oxygen atoms in total. The molecule has 1 saturated heterocycles. The second-order valence-electron chi connectivity index (χ2n) is 7.38. The van der Waals surface area contributed by atoms with Crippen molar-refractivity contribution in [2.24, 2.45) is 0 Å². The Bertz CT molecular complexity index is 1130. The van der Waals surface area contributed by atoms with Crippen molar-refractivity contribution in [3.63, 3.8) is 0 Å². The quantitative estimate of drug-likeness (QED) is 0.466. The van der Waals surface area contributed by atoms with Crippen LogP contribution in [0.2, 0.25) is 0 Å². The SMILES string of the molecule is CCn1c(SCC(=O)Nc2cccc(C(=O)N3CCOCC3)c2)nnc1-c1ccc(Br)cc1. The van der Waals surface area contributed by atoms with Gasteiger partial charge in [0.05, 0.1) is 19.0 Å². The van der Waals surface area contributed by atoms with Crippen molar-refractivity contribution in [1.29, 1.82) is 0 Å². The molecule has 1 aromatic heterocycles. The number of thioether (sulfide) groups is 1. The van der Waals surface area contributed by atoms with Crippen LogP contribution in [-0.4, -0.2) is 63.5 Å². The van der Waals surface area contributed by atoms with Gasteiger partial charge in [0, 0.05) is 40.9 Å².